The fourth-order valence-electron chi connectivity index (χ4n) is 3.98. The van der Waals surface area contributed by atoms with Crippen LogP contribution in [-0.4, -0.2) is 48.6 Å². The largest absolute Gasteiger partial charge is 0.460 e. The fourth-order valence-corrected chi connectivity index (χ4v) is 3.98. The van der Waals surface area contributed by atoms with Crippen LogP contribution < -0.4 is 15.4 Å². The highest BCUT2D eigenvalue weighted by molar-refractivity contribution is 5.53. The van der Waals surface area contributed by atoms with Gasteiger partial charge >= 0.3 is 6.01 Å². The number of nitrogens with one attached hydrogen (secondary N) is 2. The van der Waals surface area contributed by atoms with Crippen LogP contribution in [0.1, 0.15) is 43.7 Å². The van der Waals surface area contributed by atoms with E-state index in [1.807, 2.05) is 35.3 Å². The Hall–Kier alpha value is -3.46. The molecule has 0 bridgehead atoms. The number of benzene rings is 1. The molecule has 0 aliphatic carbocycles. The Morgan fingerprint density at radius 2 is 1.97 bits per heavy atom. The van der Waals surface area contributed by atoms with Crippen molar-refractivity contribution in [1.29, 1.82) is 0 Å². The lowest BCUT2D eigenvalue weighted by atomic mass is 10.1. The van der Waals surface area contributed by atoms with Crippen LogP contribution in [-0.2, 0) is 6.54 Å². The molecule has 9 nitrogen and oxygen atoms in total. The van der Waals surface area contributed by atoms with Gasteiger partial charge in [-0.15, -0.1) is 0 Å². The van der Waals surface area contributed by atoms with Crippen LogP contribution in [0.2, 0.25) is 0 Å². The van der Waals surface area contributed by atoms with Crippen LogP contribution in [0.5, 0.6) is 6.01 Å². The summed E-state index contributed by atoms with van der Waals surface area (Å²) in [6.45, 7) is 6.74. The molecule has 0 radical (unpaired) electrons. The molecule has 0 unspecified atom stereocenters. The van der Waals surface area contributed by atoms with Crippen molar-refractivity contribution >= 4 is 11.6 Å². The van der Waals surface area contributed by atoms with Crippen LogP contribution in [0.25, 0.3) is 11.3 Å². The van der Waals surface area contributed by atoms with Gasteiger partial charge in [0, 0.05) is 24.5 Å². The summed E-state index contributed by atoms with van der Waals surface area (Å²) in [7, 11) is 0. The van der Waals surface area contributed by atoms with E-state index in [-0.39, 0.29) is 6.10 Å². The van der Waals surface area contributed by atoms with Crippen LogP contribution in [0.15, 0.2) is 48.9 Å². The molecule has 0 amide bonds. The monoisotopic (exact) mass is 432 g/mol. The number of para-hydroxylation sites is 1. The Bertz CT molecular complexity index is 1180. The molecule has 5 rings (SSSR count). The number of hydrogen-bond donors (Lipinski definition) is 2. The van der Waals surface area contributed by atoms with E-state index >= 15 is 0 Å². The van der Waals surface area contributed by atoms with Gasteiger partial charge in [0.05, 0.1) is 11.9 Å². The Morgan fingerprint density at radius 3 is 2.75 bits per heavy atom. The highest BCUT2D eigenvalue weighted by Gasteiger charge is 2.20. The zero-order chi connectivity index (χ0) is 21.9. The van der Waals surface area contributed by atoms with Gasteiger partial charge < -0.3 is 15.4 Å². The van der Waals surface area contributed by atoms with E-state index in [1.54, 1.807) is 10.7 Å². The number of hydrogen-bond acceptors (Lipinski definition) is 7. The molecule has 32 heavy (non-hydrogen) atoms. The average molecular weight is 433 g/mol. The minimum Gasteiger partial charge on any atom is -0.460 e. The van der Waals surface area contributed by atoms with Crippen molar-refractivity contribution in [3.63, 3.8) is 0 Å². The summed E-state index contributed by atoms with van der Waals surface area (Å²) in [5.74, 6) is 0.906. The molecular weight excluding hydrogens is 404 g/mol. The molecule has 9 heteroatoms. The lowest BCUT2D eigenvalue weighted by molar-refractivity contribution is 0.149. The third-order valence-electron chi connectivity index (χ3n) is 5.73. The Labute approximate surface area is 186 Å². The average Bonchev–Trinajstić information content (AvgIpc) is 3.49. The van der Waals surface area contributed by atoms with E-state index in [9.17, 15) is 0 Å². The van der Waals surface area contributed by atoms with Crippen molar-refractivity contribution in [3.8, 4) is 11.7 Å². The van der Waals surface area contributed by atoms with Crippen molar-refractivity contribution in [2.75, 3.05) is 18.4 Å². The third-order valence-corrected chi connectivity index (χ3v) is 5.73. The van der Waals surface area contributed by atoms with Crippen LogP contribution >= 0.6 is 0 Å². The molecule has 0 saturated carbocycles. The van der Waals surface area contributed by atoms with Crippen LogP contribution in [0, 0.1) is 0 Å². The Kier molecular flexibility index (Phi) is 5.72. The molecular formula is C23H28N8O. The normalized spacial score (nSPS) is 14.8. The summed E-state index contributed by atoms with van der Waals surface area (Å²) in [6, 6.07) is 10.5. The molecule has 0 spiro atoms. The predicted molar refractivity (Wildman–Crippen MR) is 122 cm³/mol. The van der Waals surface area contributed by atoms with Crippen molar-refractivity contribution in [1.82, 2.24) is 34.7 Å². The molecule has 0 atom stereocenters. The summed E-state index contributed by atoms with van der Waals surface area (Å²) in [6.07, 6.45) is 7.61. The highest BCUT2D eigenvalue weighted by atomic mass is 16.5. The first kappa shape index (κ1) is 20.4. The molecule has 4 heterocycles. The standard InChI is InChI=1S/C23H28N8O/c1-16(2)19-15-27-31-21(19)28-23(32-18-8-11-24-12-9-18)29-22(31)25-14-17-6-3-4-7-20(17)30-13-5-10-26-30/h3-7,10,13,15-16,18,24H,8-9,11-12,14H2,1-2H3,(H,25,28,29). The number of rotatable bonds is 7. The molecule has 1 aromatic carbocycles. The maximum Gasteiger partial charge on any atom is 0.322 e. The lowest BCUT2D eigenvalue weighted by Gasteiger charge is -2.23. The van der Waals surface area contributed by atoms with Crippen molar-refractivity contribution in [2.45, 2.75) is 45.3 Å². The molecule has 1 aliphatic rings. The van der Waals surface area contributed by atoms with E-state index in [1.165, 1.54) is 0 Å². The molecule has 4 aromatic rings. The molecule has 1 aliphatic heterocycles. The molecule has 2 N–H and O–H groups in total. The van der Waals surface area contributed by atoms with Gasteiger partial charge in [0.1, 0.15) is 6.10 Å². The Balaban J connectivity index is 1.46. The SMILES string of the molecule is CC(C)c1cnn2c(NCc3ccccc3-n3cccn3)nc(OC3CCNCC3)nc12. The minimum atomic E-state index is 0.123. The van der Waals surface area contributed by atoms with Gasteiger partial charge in [-0.25, -0.2) is 4.68 Å². The minimum absolute atomic E-state index is 0.123. The first-order valence-electron chi connectivity index (χ1n) is 11.1. The fraction of sp³-hybridized carbons (Fsp3) is 0.391. The van der Waals surface area contributed by atoms with Gasteiger partial charge in [-0.2, -0.15) is 24.7 Å². The zero-order valence-electron chi connectivity index (χ0n) is 18.4. The van der Waals surface area contributed by atoms with E-state index in [4.69, 9.17) is 9.72 Å². The van der Waals surface area contributed by atoms with Crippen molar-refractivity contribution in [2.24, 2.45) is 0 Å². The van der Waals surface area contributed by atoms with E-state index < -0.39 is 0 Å². The number of nitrogens with zero attached hydrogens (tertiary/aromatic N) is 6. The van der Waals surface area contributed by atoms with E-state index in [2.05, 4.69) is 51.8 Å². The number of fused-ring (bicyclic) bond motifs is 1. The predicted octanol–water partition coefficient (Wildman–Crippen LogP) is 3.18. The second-order valence-corrected chi connectivity index (χ2v) is 8.32. The molecule has 166 valence electrons. The van der Waals surface area contributed by atoms with Gasteiger partial charge in [-0.3, -0.25) is 0 Å². The number of anilines is 1. The highest BCUT2D eigenvalue weighted by Crippen LogP contribution is 2.24. The lowest BCUT2D eigenvalue weighted by Crippen LogP contribution is -2.34. The second-order valence-electron chi connectivity index (χ2n) is 8.32. The maximum absolute atomic E-state index is 6.19. The first-order valence-corrected chi connectivity index (χ1v) is 11.1. The van der Waals surface area contributed by atoms with Gasteiger partial charge in [0.25, 0.3) is 0 Å². The van der Waals surface area contributed by atoms with Crippen molar-refractivity contribution < 1.29 is 4.74 Å². The summed E-state index contributed by atoms with van der Waals surface area (Å²) in [5, 5.41) is 15.7. The van der Waals surface area contributed by atoms with E-state index in [0.29, 0.717) is 24.4 Å². The molecule has 1 fully saturated rings. The van der Waals surface area contributed by atoms with Crippen LogP contribution in [0.3, 0.4) is 0 Å². The number of ether oxygens (including phenoxy) is 1. The first-order chi connectivity index (χ1) is 15.7. The maximum atomic E-state index is 6.19. The molecule has 3 aromatic heterocycles. The van der Waals surface area contributed by atoms with Gasteiger partial charge in [0.15, 0.2) is 5.65 Å². The third kappa shape index (κ3) is 4.16. The van der Waals surface area contributed by atoms with Gasteiger partial charge in [0.2, 0.25) is 5.95 Å². The Morgan fingerprint density at radius 1 is 1.12 bits per heavy atom. The molecule has 1 saturated heterocycles. The quantitative estimate of drug-likeness (QED) is 0.463. The summed E-state index contributed by atoms with van der Waals surface area (Å²) < 4.78 is 9.81. The summed E-state index contributed by atoms with van der Waals surface area (Å²) >= 11 is 0. The second kappa shape index (κ2) is 8.96. The van der Waals surface area contributed by atoms with Gasteiger partial charge in [-0.05, 0) is 49.5 Å². The smallest absolute Gasteiger partial charge is 0.322 e. The zero-order valence-corrected chi connectivity index (χ0v) is 18.4. The van der Waals surface area contributed by atoms with Crippen LogP contribution in [0.4, 0.5) is 5.95 Å². The van der Waals surface area contributed by atoms with E-state index in [0.717, 1.165) is 48.4 Å². The summed E-state index contributed by atoms with van der Waals surface area (Å²) in [5.41, 5.74) is 3.97. The topological polar surface area (TPSA) is 94.2 Å². The van der Waals surface area contributed by atoms with Crippen molar-refractivity contribution in [3.05, 3.63) is 60.0 Å². The number of piperidine rings is 1. The summed E-state index contributed by atoms with van der Waals surface area (Å²) in [4.78, 5) is 9.41. The van der Waals surface area contributed by atoms with Gasteiger partial charge in [-0.1, -0.05) is 32.0 Å². The number of aromatic nitrogens is 6.